The van der Waals surface area contributed by atoms with Crippen molar-refractivity contribution >= 4 is 29.0 Å². The highest BCUT2D eigenvalue weighted by atomic mass is 16.3. The molecule has 0 spiro atoms. The summed E-state index contributed by atoms with van der Waals surface area (Å²) in [5.41, 5.74) is 3.67. The highest BCUT2D eigenvalue weighted by molar-refractivity contribution is 6.33. The Kier molecular flexibility index (Phi) is 5.31. The molecule has 10 heteroatoms. The van der Waals surface area contributed by atoms with E-state index in [0.717, 1.165) is 0 Å². The molecular formula is C23H27N3O7. The van der Waals surface area contributed by atoms with Gasteiger partial charge in [-0.15, -0.1) is 0 Å². The number of benzene rings is 1. The predicted octanol–water partition coefficient (Wildman–Crippen LogP) is -1.37. The van der Waals surface area contributed by atoms with Gasteiger partial charge in [-0.05, 0) is 38.7 Å². The van der Waals surface area contributed by atoms with Gasteiger partial charge in [0.15, 0.2) is 29.1 Å². The molecular weight excluding hydrogens is 430 g/mol. The number of aliphatic hydroxyl groups excluding tert-OH is 1. The molecule has 2 fully saturated rings. The Morgan fingerprint density at radius 2 is 1.79 bits per heavy atom. The van der Waals surface area contributed by atoms with Crippen LogP contribution in [-0.2, 0) is 19.2 Å². The number of likely N-dealkylation sites (N-methyl/N-ethyl adjacent to an activating group) is 2. The van der Waals surface area contributed by atoms with Crippen LogP contribution in [-0.4, -0.2) is 83.0 Å². The first-order valence-electron chi connectivity index (χ1n) is 10.7. The van der Waals surface area contributed by atoms with E-state index < -0.39 is 76.3 Å². The summed E-state index contributed by atoms with van der Waals surface area (Å²) < 4.78 is 0. The van der Waals surface area contributed by atoms with E-state index in [9.17, 15) is 34.2 Å². The maximum atomic E-state index is 14.0. The predicted molar refractivity (Wildman–Crippen MR) is 114 cm³/mol. The zero-order valence-electron chi connectivity index (χ0n) is 18.7. The summed E-state index contributed by atoms with van der Waals surface area (Å²) in [7, 11) is 4.41. The summed E-state index contributed by atoms with van der Waals surface area (Å²) in [5, 5.41) is 24.7. The zero-order chi connectivity index (χ0) is 24.6. The summed E-state index contributed by atoms with van der Waals surface area (Å²) in [4.78, 5) is 67.9. The lowest BCUT2D eigenvalue weighted by Crippen LogP contribution is -2.81. The van der Waals surface area contributed by atoms with Gasteiger partial charge < -0.3 is 21.3 Å². The van der Waals surface area contributed by atoms with Crippen molar-refractivity contribution in [3.8, 4) is 5.75 Å². The third-order valence-corrected chi connectivity index (χ3v) is 7.79. The number of fused-ring (bicyclic) bond motifs is 3. The molecule has 0 saturated heterocycles. The average Bonchev–Trinajstić information content (AvgIpc) is 2.73. The molecule has 3 aliphatic rings. The van der Waals surface area contributed by atoms with E-state index in [1.165, 1.54) is 18.0 Å². The number of phenolic OH excluding ortho intramolecular Hbond substituents is 1. The molecule has 4 rings (SSSR count). The molecule has 1 aromatic carbocycles. The van der Waals surface area contributed by atoms with Gasteiger partial charge in [0.1, 0.15) is 11.3 Å². The summed E-state index contributed by atoms with van der Waals surface area (Å²) >= 11 is 0. The number of aliphatic hydroxyl groups is 1. The Morgan fingerprint density at radius 3 is 2.33 bits per heavy atom. The topological polar surface area (TPSA) is 167 Å². The summed E-state index contributed by atoms with van der Waals surface area (Å²) in [6.45, 7) is 1.73. The molecule has 0 aromatic heterocycles. The van der Waals surface area contributed by atoms with E-state index >= 15 is 0 Å². The molecule has 2 saturated carbocycles. The van der Waals surface area contributed by atoms with E-state index in [1.807, 2.05) is 0 Å². The van der Waals surface area contributed by atoms with E-state index in [2.05, 4.69) is 5.32 Å². The first kappa shape index (κ1) is 23.2. The number of hydrogen-bond acceptors (Lipinski definition) is 9. The van der Waals surface area contributed by atoms with Crippen LogP contribution in [0.5, 0.6) is 5.75 Å². The number of amides is 1. The number of ketones is 4. The van der Waals surface area contributed by atoms with Crippen molar-refractivity contribution < 1.29 is 34.2 Å². The van der Waals surface area contributed by atoms with Crippen molar-refractivity contribution in [1.82, 2.24) is 10.2 Å². The van der Waals surface area contributed by atoms with Gasteiger partial charge in [-0.1, -0.05) is 19.1 Å². The number of phenols is 1. The molecule has 33 heavy (non-hydrogen) atoms. The number of aromatic hydroxyl groups is 1. The van der Waals surface area contributed by atoms with Gasteiger partial charge in [-0.3, -0.25) is 28.9 Å². The van der Waals surface area contributed by atoms with Crippen LogP contribution in [0.1, 0.15) is 28.8 Å². The normalized spacial score (nSPS) is 38.1. The fourth-order valence-electron chi connectivity index (χ4n) is 6.40. The Morgan fingerprint density at radius 1 is 1.15 bits per heavy atom. The second-order valence-electron chi connectivity index (χ2n) is 9.40. The van der Waals surface area contributed by atoms with Gasteiger partial charge in [-0.2, -0.15) is 0 Å². The van der Waals surface area contributed by atoms with Gasteiger partial charge in [0.2, 0.25) is 5.91 Å². The minimum absolute atomic E-state index is 0.0218. The number of hydrogen-bond donors (Lipinski definition) is 4. The summed E-state index contributed by atoms with van der Waals surface area (Å²) in [6.07, 6.45) is -1.43. The molecule has 1 aromatic rings. The van der Waals surface area contributed by atoms with Crippen molar-refractivity contribution in [2.45, 2.75) is 30.5 Å². The van der Waals surface area contributed by atoms with Crippen LogP contribution in [0, 0.1) is 23.7 Å². The molecule has 5 N–H and O–H groups in total. The number of nitrogens with one attached hydrogen (secondary N) is 1. The highest BCUT2D eigenvalue weighted by Crippen LogP contribution is 2.54. The van der Waals surface area contributed by atoms with Gasteiger partial charge in [-0.25, -0.2) is 0 Å². The fourth-order valence-corrected chi connectivity index (χ4v) is 6.40. The smallest absolute Gasteiger partial charge is 0.235 e. The van der Waals surface area contributed by atoms with Crippen LogP contribution >= 0.6 is 0 Å². The lowest BCUT2D eigenvalue weighted by molar-refractivity contribution is -0.173. The van der Waals surface area contributed by atoms with Gasteiger partial charge in [0, 0.05) is 11.8 Å². The molecule has 3 unspecified atom stereocenters. The molecule has 3 aliphatic carbocycles. The third kappa shape index (κ3) is 2.74. The van der Waals surface area contributed by atoms with Crippen molar-refractivity contribution in [3.05, 3.63) is 29.3 Å². The van der Waals surface area contributed by atoms with Crippen molar-refractivity contribution in [3.63, 3.8) is 0 Å². The van der Waals surface area contributed by atoms with E-state index in [4.69, 9.17) is 5.73 Å². The molecule has 8 atom stereocenters. The second-order valence-corrected chi connectivity index (χ2v) is 9.40. The molecule has 0 radical (unpaired) electrons. The van der Waals surface area contributed by atoms with E-state index in [0.29, 0.717) is 5.56 Å². The standard InChI is InChI=1S/C23H27N3O7/c1-8-9-6-5-7-10(27)12(9)17(28)13-11(8)18(29)15-16(26(3)4)19(30)14(22(24)33)21(32)23(15,25-2)20(13)31/h5-8,11,13-16,18,25,27,29H,1-4H3,(H2,24,33)/t8-,11?,13?,14?,15-,16-,18+,23-/m0/s1. The number of carbonyl (C=O) groups is 5. The largest absolute Gasteiger partial charge is 0.507 e. The lowest BCUT2D eigenvalue weighted by Gasteiger charge is -2.57. The Balaban J connectivity index is 2.00. The quantitative estimate of drug-likeness (QED) is 0.400. The van der Waals surface area contributed by atoms with Crippen LogP contribution in [0.2, 0.25) is 0 Å². The van der Waals surface area contributed by atoms with Gasteiger partial charge in [0.25, 0.3) is 0 Å². The monoisotopic (exact) mass is 457 g/mol. The maximum Gasteiger partial charge on any atom is 0.235 e. The first-order valence-corrected chi connectivity index (χ1v) is 10.7. The van der Waals surface area contributed by atoms with Crippen LogP contribution in [0.15, 0.2) is 18.2 Å². The Hall–Kier alpha value is -2.95. The minimum Gasteiger partial charge on any atom is -0.507 e. The number of nitrogens with two attached hydrogens (primary N) is 1. The van der Waals surface area contributed by atoms with Crippen LogP contribution in [0.4, 0.5) is 0 Å². The molecule has 1 amide bonds. The van der Waals surface area contributed by atoms with E-state index in [-0.39, 0.29) is 11.3 Å². The molecule has 0 heterocycles. The van der Waals surface area contributed by atoms with Crippen molar-refractivity contribution in [2.24, 2.45) is 29.4 Å². The SMILES string of the molecule is CN[C@@]12C(=O)C(C(N)=O)C(=O)[C@@H](N(C)C)[C@H]1[C@H](O)C1C(C(=O)c3c(O)cccc3[C@@H]1C)C2=O. The number of primary amides is 1. The van der Waals surface area contributed by atoms with Crippen LogP contribution in [0.25, 0.3) is 0 Å². The third-order valence-electron chi connectivity index (χ3n) is 7.79. The number of nitrogens with zero attached hydrogens (tertiary/aromatic N) is 1. The summed E-state index contributed by atoms with van der Waals surface area (Å²) in [6, 6.07) is 3.37. The Labute approximate surface area is 190 Å². The second kappa shape index (κ2) is 7.54. The highest BCUT2D eigenvalue weighted by Gasteiger charge is 2.72. The number of carbonyl (C=O) groups excluding carboxylic acids is 5. The number of Topliss-reactive ketones (excluding diaryl/α,β-unsaturated/α-hetero) is 4. The van der Waals surface area contributed by atoms with Gasteiger partial charge >= 0.3 is 0 Å². The average molecular weight is 457 g/mol. The molecule has 176 valence electrons. The molecule has 10 nitrogen and oxygen atoms in total. The fraction of sp³-hybridized carbons (Fsp3) is 0.522. The number of rotatable bonds is 3. The zero-order valence-corrected chi connectivity index (χ0v) is 18.7. The van der Waals surface area contributed by atoms with E-state index in [1.54, 1.807) is 33.2 Å². The van der Waals surface area contributed by atoms with Crippen molar-refractivity contribution in [2.75, 3.05) is 21.1 Å². The lowest BCUT2D eigenvalue weighted by atomic mass is 9.48. The Bertz CT molecular complexity index is 1100. The van der Waals surface area contributed by atoms with Crippen LogP contribution in [0.3, 0.4) is 0 Å². The molecule has 0 aliphatic heterocycles. The first-order chi connectivity index (χ1) is 15.4. The van der Waals surface area contributed by atoms with Crippen LogP contribution < -0.4 is 11.1 Å². The summed E-state index contributed by atoms with van der Waals surface area (Å²) in [5.74, 6) is -10.9. The van der Waals surface area contributed by atoms with Crippen molar-refractivity contribution in [1.29, 1.82) is 0 Å². The minimum atomic E-state index is -2.18. The van der Waals surface area contributed by atoms with Gasteiger partial charge in [0.05, 0.1) is 23.6 Å². The molecule has 0 bridgehead atoms. The maximum absolute atomic E-state index is 14.0.